The fourth-order valence-corrected chi connectivity index (χ4v) is 2.79. The van der Waals surface area contributed by atoms with E-state index in [2.05, 4.69) is 26.1 Å². The Morgan fingerprint density at radius 1 is 1.26 bits per heavy atom. The summed E-state index contributed by atoms with van der Waals surface area (Å²) in [7, 11) is 1.73. The van der Waals surface area contributed by atoms with Crippen LogP contribution in [0, 0.1) is 0 Å². The maximum absolute atomic E-state index is 12.4. The van der Waals surface area contributed by atoms with Gasteiger partial charge < -0.3 is 19.7 Å². The number of hydrogen-bond acceptors (Lipinski definition) is 4. The molecule has 1 saturated heterocycles. The molecule has 1 rings (SSSR count). The number of nitrogens with zero attached hydrogens (tertiary/aromatic N) is 1. The molecule has 1 heterocycles. The molecule has 0 aromatic rings. The summed E-state index contributed by atoms with van der Waals surface area (Å²) < 4.78 is 11.0. The Hall–Kier alpha value is -0.810. The summed E-state index contributed by atoms with van der Waals surface area (Å²) in [6, 6.07) is 0.587. The first-order valence-electron chi connectivity index (χ1n) is 8.82. The predicted molar refractivity (Wildman–Crippen MR) is 93.7 cm³/mol. The lowest BCUT2D eigenvalue weighted by molar-refractivity contribution is 0.00547. The number of nitrogens with one attached hydrogen (secondary N) is 1. The molecule has 23 heavy (non-hydrogen) atoms. The number of rotatable bonds is 6. The first-order valence-corrected chi connectivity index (χ1v) is 8.82. The molecule has 1 amide bonds. The molecule has 136 valence electrons. The van der Waals surface area contributed by atoms with E-state index in [0.29, 0.717) is 6.04 Å². The summed E-state index contributed by atoms with van der Waals surface area (Å²) in [6.07, 6.45) is 4.07. The summed E-state index contributed by atoms with van der Waals surface area (Å²) in [5.74, 6) is 0. The quantitative estimate of drug-likeness (QED) is 0.810. The fraction of sp³-hybridized carbons (Fsp3) is 0.944. The van der Waals surface area contributed by atoms with E-state index >= 15 is 0 Å². The molecular formula is C18H36N2O3. The van der Waals surface area contributed by atoms with Gasteiger partial charge in [0.2, 0.25) is 0 Å². The van der Waals surface area contributed by atoms with Crippen LogP contribution < -0.4 is 5.32 Å². The van der Waals surface area contributed by atoms with Gasteiger partial charge in [-0.1, -0.05) is 0 Å². The molecule has 1 aliphatic heterocycles. The second kappa shape index (κ2) is 8.34. The normalized spacial score (nSPS) is 21.2. The molecule has 2 atom stereocenters. The van der Waals surface area contributed by atoms with Crippen molar-refractivity contribution >= 4 is 6.09 Å². The number of methoxy groups -OCH3 is 1. The summed E-state index contributed by atoms with van der Waals surface area (Å²) >= 11 is 0. The van der Waals surface area contributed by atoms with Crippen molar-refractivity contribution in [1.29, 1.82) is 0 Å². The van der Waals surface area contributed by atoms with Gasteiger partial charge in [-0.15, -0.1) is 0 Å². The highest BCUT2D eigenvalue weighted by Crippen LogP contribution is 2.23. The monoisotopic (exact) mass is 328 g/mol. The zero-order valence-corrected chi connectivity index (χ0v) is 16.1. The van der Waals surface area contributed by atoms with E-state index in [1.165, 1.54) is 6.42 Å². The van der Waals surface area contributed by atoms with Gasteiger partial charge in [0.25, 0.3) is 0 Å². The predicted octanol–water partition coefficient (Wildman–Crippen LogP) is 3.57. The first-order chi connectivity index (χ1) is 10.5. The Labute approximate surface area is 142 Å². The van der Waals surface area contributed by atoms with Crippen molar-refractivity contribution in [1.82, 2.24) is 10.2 Å². The van der Waals surface area contributed by atoms with Crippen molar-refractivity contribution in [2.75, 3.05) is 20.2 Å². The summed E-state index contributed by atoms with van der Waals surface area (Å²) in [5, 5.41) is 3.53. The minimum absolute atomic E-state index is 0.174. The van der Waals surface area contributed by atoms with Crippen LogP contribution in [0.4, 0.5) is 4.79 Å². The lowest BCUT2D eigenvalue weighted by atomic mass is 9.96. The van der Waals surface area contributed by atoms with Gasteiger partial charge in [-0.05, 0) is 67.2 Å². The molecule has 2 unspecified atom stereocenters. The summed E-state index contributed by atoms with van der Waals surface area (Å²) in [6.45, 7) is 13.7. The molecule has 0 radical (unpaired) electrons. The van der Waals surface area contributed by atoms with Gasteiger partial charge in [0.15, 0.2) is 0 Å². The third-order valence-electron chi connectivity index (χ3n) is 4.31. The average Bonchev–Trinajstić information content (AvgIpc) is 2.44. The lowest BCUT2D eigenvalue weighted by Gasteiger charge is -2.38. The summed E-state index contributed by atoms with van der Waals surface area (Å²) in [5.41, 5.74) is -0.614. The van der Waals surface area contributed by atoms with Crippen molar-refractivity contribution in [3.8, 4) is 0 Å². The molecule has 0 saturated carbocycles. The number of carbonyl (C=O) groups is 1. The number of amides is 1. The molecule has 5 nitrogen and oxygen atoms in total. The van der Waals surface area contributed by atoms with Crippen LogP contribution in [-0.4, -0.2) is 54.5 Å². The standard InChI is InChI=1S/C18H36N2O3/c1-14(19-13-18(5,6)22-7)12-15-10-8-9-11-20(15)16(21)23-17(2,3)4/h14-15,19H,8-13H2,1-7H3. The van der Waals surface area contributed by atoms with E-state index in [1.807, 2.05) is 25.7 Å². The summed E-state index contributed by atoms with van der Waals surface area (Å²) in [4.78, 5) is 14.4. The molecular weight excluding hydrogens is 292 g/mol. The van der Waals surface area contributed by atoms with E-state index < -0.39 is 5.60 Å². The smallest absolute Gasteiger partial charge is 0.410 e. The van der Waals surface area contributed by atoms with E-state index in [0.717, 1.165) is 32.4 Å². The Morgan fingerprint density at radius 3 is 2.48 bits per heavy atom. The molecule has 1 N–H and O–H groups in total. The molecule has 1 fully saturated rings. The third-order valence-corrected chi connectivity index (χ3v) is 4.31. The molecule has 0 aliphatic carbocycles. The second-order valence-electron chi connectivity index (χ2n) is 8.30. The first kappa shape index (κ1) is 20.2. The van der Waals surface area contributed by atoms with Crippen LogP contribution in [0.1, 0.15) is 67.2 Å². The highest BCUT2D eigenvalue weighted by molar-refractivity contribution is 5.68. The Morgan fingerprint density at radius 2 is 1.91 bits per heavy atom. The van der Waals surface area contributed by atoms with Crippen LogP contribution in [-0.2, 0) is 9.47 Å². The largest absolute Gasteiger partial charge is 0.444 e. The zero-order chi connectivity index (χ0) is 17.7. The number of carbonyl (C=O) groups excluding carboxylic acids is 1. The van der Waals surface area contributed by atoms with Gasteiger partial charge in [-0.3, -0.25) is 0 Å². The van der Waals surface area contributed by atoms with E-state index in [1.54, 1.807) is 7.11 Å². The van der Waals surface area contributed by atoms with Crippen LogP contribution in [0.15, 0.2) is 0 Å². The van der Waals surface area contributed by atoms with Crippen molar-refractivity contribution < 1.29 is 14.3 Å². The van der Waals surface area contributed by atoms with Gasteiger partial charge in [-0.25, -0.2) is 4.79 Å². The van der Waals surface area contributed by atoms with Gasteiger partial charge in [0.05, 0.1) is 5.60 Å². The highest BCUT2D eigenvalue weighted by atomic mass is 16.6. The van der Waals surface area contributed by atoms with Crippen LogP contribution >= 0.6 is 0 Å². The fourth-order valence-electron chi connectivity index (χ4n) is 2.79. The van der Waals surface area contributed by atoms with Gasteiger partial charge >= 0.3 is 6.09 Å². The Balaban J connectivity index is 2.56. The third kappa shape index (κ3) is 7.53. The van der Waals surface area contributed by atoms with Crippen LogP contribution in [0.25, 0.3) is 0 Å². The maximum Gasteiger partial charge on any atom is 0.410 e. The topological polar surface area (TPSA) is 50.8 Å². The average molecular weight is 328 g/mol. The number of ether oxygens (including phenoxy) is 2. The van der Waals surface area contributed by atoms with Crippen LogP contribution in [0.5, 0.6) is 0 Å². The van der Waals surface area contributed by atoms with Crippen LogP contribution in [0.3, 0.4) is 0 Å². The number of likely N-dealkylation sites (tertiary alicyclic amines) is 1. The molecule has 1 aliphatic rings. The molecule has 0 aromatic carbocycles. The van der Waals surface area contributed by atoms with Crippen molar-refractivity contribution in [3.63, 3.8) is 0 Å². The highest BCUT2D eigenvalue weighted by Gasteiger charge is 2.31. The maximum atomic E-state index is 12.4. The molecule has 0 bridgehead atoms. The van der Waals surface area contributed by atoms with Crippen LogP contribution in [0.2, 0.25) is 0 Å². The van der Waals surface area contributed by atoms with E-state index in [9.17, 15) is 4.79 Å². The Bertz CT molecular complexity index is 377. The van der Waals surface area contributed by atoms with Gasteiger partial charge in [0.1, 0.15) is 5.60 Å². The second-order valence-corrected chi connectivity index (χ2v) is 8.30. The Kier molecular flexibility index (Phi) is 7.33. The SMILES string of the molecule is COC(C)(C)CNC(C)CC1CCCCN1C(=O)OC(C)(C)C. The minimum atomic E-state index is -0.439. The molecule has 5 heteroatoms. The molecule has 0 aromatic heterocycles. The van der Waals surface area contributed by atoms with Gasteiger partial charge in [0, 0.05) is 32.3 Å². The molecule has 0 spiro atoms. The van der Waals surface area contributed by atoms with E-state index in [4.69, 9.17) is 9.47 Å². The lowest BCUT2D eigenvalue weighted by Crippen LogP contribution is -2.49. The van der Waals surface area contributed by atoms with Gasteiger partial charge in [-0.2, -0.15) is 0 Å². The van der Waals surface area contributed by atoms with Crippen molar-refractivity contribution in [2.45, 2.75) is 90.5 Å². The van der Waals surface area contributed by atoms with Crippen molar-refractivity contribution in [2.24, 2.45) is 0 Å². The minimum Gasteiger partial charge on any atom is -0.444 e. The number of hydrogen-bond donors (Lipinski definition) is 1. The van der Waals surface area contributed by atoms with Crippen molar-refractivity contribution in [3.05, 3.63) is 0 Å². The number of piperidine rings is 1. The van der Waals surface area contributed by atoms with E-state index in [-0.39, 0.29) is 17.7 Å². The zero-order valence-electron chi connectivity index (χ0n) is 16.1.